The minimum atomic E-state index is -4.24. The Morgan fingerprint density at radius 2 is 1.62 bits per heavy atom. The number of ether oxygens (including phenoxy) is 2. The number of benzene rings is 2. The molecular weight excluding hydrogens is 341 g/mol. The molecule has 128 valence electrons. The van der Waals surface area contributed by atoms with Crippen LogP contribution in [-0.2, 0) is 10.0 Å². The fourth-order valence-electron chi connectivity index (χ4n) is 1.93. The molecular formula is C15H14FNO6S. The summed E-state index contributed by atoms with van der Waals surface area (Å²) >= 11 is 0. The molecule has 2 rings (SSSR count). The number of nitrogens with one attached hydrogen (secondary N) is 1. The smallest absolute Gasteiger partial charge is 0.335 e. The lowest BCUT2D eigenvalue weighted by atomic mass is 10.2. The van der Waals surface area contributed by atoms with Crippen LogP contribution in [0, 0.1) is 5.82 Å². The molecule has 9 heteroatoms. The zero-order valence-electron chi connectivity index (χ0n) is 12.7. The molecule has 0 radical (unpaired) electrons. The van der Waals surface area contributed by atoms with Gasteiger partial charge in [-0.3, -0.25) is 4.72 Å². The molecule has 2 aromatic rings. The van der Waals surface area contributed by atoms with Crippen molar-refractivity contribution in [3.05, 3.63) is 47.8 Å². The summed E-state index contributed by atoms with van der Waals surface area (Å²) in [6.45, 7) is 0. The highest BCUT2D eigenvalue weighted by molar-refractivity contribution is 7.92. The molecule has 0 heterocycles. The van der Waals surface area contributed by atoms with Crippen molar-refractivity contribution in [1.29, 1.82) is 0 Å². The van der Waals surface area contributed by atoms with Gasteiger partial charge in [-0.2, -0.15) is 0 Å². The Morgan fingerprint density at radius 3 is 2.12 bits per heavy atom. The first-order valence-corrected chi connectivity index (χ1v) is 8.04. The number of anilines is 1. The van der Waals surface area contributed by atoms with Gasteiger partial charge in [0.05, 0.1) is 19.8 Å². The maximum absolute atomic E-state index is 14.1. The first-order valence-electron chi connectivity index (χ1n) is 6.56. The van der Waals surface area contributed by atoms with Crippen molar-refractivity contribution in [2.45, 2.75) is 4.90 Å². The van der Waals surface area contributed by atoms with E-state index in [2.05, 4.69) is 4.72 Å². The standard InChI is InChI=1S/C15H14FNO6S/c1-22-12-7-11(16)14(8-13(12)23-2)24(20,21)17-10-5-3-9(4-6-10)15(18)19/h3-8,17H,1-2H3,(H,18,19). The highest BCUT2D eigenvalue weighted by Crippen LogP contribution is 2.32. The largest absolute Gasteiger partial charge is 0.493 e. The number of rotatable bonds is 6. The van der Waals surface area contributed by atoms with Crippen molar-refractivity contribution in [2.24, 2.45) is 0 Å². The fourth-order valence-corrected chi connectivity index (χ4v) is 3.07. The summed E-state index contributed by atoms with van der Waals surface area (Å²) in [5.41, 5.74) is 0.0874. The van der Waals surface area contributed by atoms with Gasteiger partial charge in [-0.25, -0.2) is 17.6 Å². The van der Waals surface area contributed by atoms with Crippen molar-refractivity contribution in [2.75, 3.05) is 18.9 Å². The maximum Gasteiger partial charge on any atom is 0.335 e. The Morgan fingerprint density at radius 1 is 1.08 bits per heavy atom. The van der Waals surface area contributed by atoms with Crippen LogP contribution in [0.4, 0.5) is 10.1 Å². The fraction of sp³-hybridized carbons (Fsp3) is 0.133. The van der Waals surface area contributed by atoms with Gasteiger partial charge in [0.1, 0.15) is 10.7 Å². The minimum Gasteiger partial charge on any atom is -0.493 e. The molecule has 0 amide bonds. The summed E-state index contributed by atoms with van der Waals surface area (Å²) < 4.78 is 50.8. The number of sulfonamides is 1. The third-order valence-electron chi connectivity index (χ3n) is 3.11. The van der Waals surface area contributed by atoms with Gasteiger partial charge >= 0.3 is 5.97 Å². The lowest BCUT2D eigenvalue weighted by Crippen LogP contribution is -2.15. The van der Waals surface area contributed by atoms with Crippen LogP contribution in [0.2, 0.25) is 0 Å². The van der Waals surface area contributed by atoms with E-state index in [1.54, 1.807) is 0 Å². The van der Waals surface area contributed by atoms with Gasteiger partial charge in [0.2, 0.25) is 0 Å². The van der Waals surface area contributed by atoms with Crippen LogP contribution in [0.15, 0.2) is 41.3 Å². The van der Waals surface area contributed by atoms with E-state index >= 15 is 0 Å². The summed E-state index contributed by atoms with van der Waals surface area (Å²) in [5, 5.41) is 8.82. The quantitative estimate of drug-likeness (QED) is 0.825. The summed E-state index contributed by atoms with van der Waals surface area (Å²) in [4.78, 5) is 10.2. The second-order valence-electron chi connectivity index (χ2n) is 4.63. The maximum atomic E-state index is 14.1. The molecule has 2 N–H and O–H groups in total. The van der Waals surface area contributed by atoms with Gasteiger partial charge in [-0.15, -0.1) is 0 Å². The molecule has 0 aromatic heterocycles. The number of carbonyl (C=O) groups is 1. The minimum absolute atomic E-state index is 0.00440. The Hall–Kier alpha value is -2.81. The van der Waals surface area contributed by atoms with Crippen LogP contribution in [-0.4, -0.2) is 33.7 Å². The number of methoxy groups -OCH3 is 2. The Labute approximate surface area is 137 Å². The highest BCUT2D eigenvalue weighted by Gasteiger charge is 2.23. The topological polar surface area (TPSA) is 102 Å². The van der Waals surface area contributed by atoms with Crippen LogP contribution in [0.1, 0.15) is 10.4 Å². The van der Waals surface area contributed by atoms with Crippen molar-refractivity contribution < 1.29 is 32.2 Å². The molecule has 0 saturated carbocycles. The molecule has 0 aliphatic carbocycles. The van der Waals surface area contributed by atoms with Gasteiger partial charge in [-0.1, -0.05) is 0 Å². The number of carboxylic acids is 1. The van der Waals surface area contributed by atoms with E-state index in [-0.39, 0.29) is 22.7 Å². The predicted molar refractivity (Wildman–Crippen MR) is 83.7 cm³/mol. The van der Waals surface area contributed by atoms with Crippen LogP contribution < -0.4 is 14.2 Å². The van der Waals surface area contributed by atoms with E-state index in [4.69, 9.17) is 14.6 Å². The lowest BCUT2D eigenvalue weighted by Gasteiger charge is -2.13. The van der Waals surface area contributed by atoms with Gasteiger partial charge in [0.25, 0.3) is 10.0 Å². The Bertz CT molecular complexity index is 864. The third kappa shape index (κ3) is 3.57. The molecule has 0 bridgehead atoms. The normalized spacial score (nSPS) is 11.0. The van der Waals surface area contributed by atoms with Crippen molar-refractivity contribution in [3.8, 4) is 11.5 Å². The molecule has 0 atom stereocenters. The highest BCUT2D eigenvalue weighted by atomic mass is 32.2. The molecule has 0 aliphatic heterocycles. The summed E-state index contributed by atoms with van der Waals surface area (Å²) in [7, 11) is -1.65. The van der Waals surface area contributed by atoms with E-state index in [1.165, 1.54) is 38.5 Å². The first kappa shape index (κ1) is 17.5. The van der Waals surface area contributed by atoms with E-state index in [0.717, 1.165) is 12.1 Å². The van der Waals surface area contributed by atoms with E-state index in [1.807, 2.05) is 0 Å². The average Bonchev–Trinajstić information content (AvgIpc) is 2.54. The number of halogens is 1. The van der Waals surface area contributed by atoms with Gasteiger partial charge in [0.15, 0.2) is 11.5 Å². The van der Waals surface area contributed by atoms with E-state index in [0.29, 0.717) is 0 Å². The average molecular weight is 355 g/mol. The molecule has 0 unspecified atom stereocenters. The van der Waals surface area contributed by atoms with Crippen LogP contribution in [0.25, 0.3) is 0 Å². The number of carboxylic acid groups (broad SMARTS) is 1. The lowest BCUT2D eigenvalue weighted by molar-refractivity contribution is 0.0697. The van der Waals surface area contributed by atoms with Crippen LogP contribution in [0.5, 0.6) is 11.5 Å². The first-order chi connectivity index (χ1) is 11.3. The van der Waals surface area contributed by atoms with Gasteiger partial charge < -0.3 is 14.6 Å². The molecule has 24 heavy (non-hydrogen) atoms. The summed E-state index contributed by atoms with van der Waals surface area (Å²) in [6.07, 6.45) is 0. The second kappa shape index (κ2) is 6.75. The van der Waals surface area contributed by atoms with Crippen molar-refractivity contribution in [3.63, 3.8) is 0 Å². The SMILES string of the molecule is COc1cc(F)c(S(=O)(=O)Nc2ccc(C(=O)O)cc2)cc1OC. The Kier molecular flexibility index (Phi) is 4.93. The summed E-state index contributed by atoms with van der Waals surface area (Å²) in [6, 6.07) is 6.89. The Balaban J connectivity index is 2.38. The molecule has 2 aromatic carbocycles. The molecule has 0 aliphatic rings. The van der Waals surface area contributed by atoms with Crippen LogP contribution in [0.3, 0.4) is 0 Å². The zero-order chi connectivity index (χ0) is 17.9. The van der Waals surface area contributed by atoms with Crippen LogP contribution >= 0.6 is 0 Å². The van der Waals surface area contributed by atoms with Crippen molar-refractivity contribution in [1.82, 2.24) is 0 Å². The second-order valence-corrected chi connectivity index (χ2v) is 6.28. The number of hydrogen-bond acceptors (Lipinski definition) is 5. The number of hydrogen-bond donors (Lipinski definition) is 2. The van der Waals surface area contributed by atoms with E-state index in [9.17, 15) is 17.6 Å². The van der Waals surface area contributed by atoms with Gasteiger partial charge in [-0.05, 0) is 24.3 Å². The van der Waals surface area contributed by atoms with Crippen molar-refractivity contribution >= 4 is 21.7 Å². The number of aromatic carboxylic acids is 1. The summed E-state index contributed by atoms with van der Waals surface area (Å²) in [5.74, 6) is -2.04. The van der Waals surface area contributed by atoms with E-state index < -0.39 is 26.7 Å². The molecule has 0 spiro atoms. The third-order valence-corrected chi connectivity index (χ3v) is 4.51. The predicted octanol–water partition coefficient (Wildman–Crippen LogP) is 2.34. The monoisotopic (exact) mass is 355 g/mol. The zero-order valence-corrected chi connectivity index (χ0v) is 13.6. The molecule has 0 fully saturated rings. The molecule has 0 saturated heterocycles. The molecule has 7 nitrogen and oxygen atoms in total. The van der Waals surface area contributed by atoms with Gasteiger partial charge in [0, 0.05) is 17.8 Å².